The number of nitrogens with zero attached hydrogens (tertiary/aromatic N) is 2. The van der Waals surface area contributed by atoms with Crippen molar-refractivity contribution >= 4 is 29.3 Å². The molecule has 0 unspecified atom stereocenters. The molecule has 180 valence electrons. The lowest BCUT2D eigenvalue weighted by Gasteiger charge is -2.38. The SMILES string of the molecule is O=C(N[C@H](C(=O)N1CCCCC1)C1CCN(C(=O)c2cccc(F)c2)CC1)c1ccccc1Cl. The summed E-state index contributed by atoms with van der Waals surface area (Å²) in [5.74, 6) is -1.24. The molecule has 2 fully saturated rings. The Balaban J connectivity index is 1.47. The van der Waals surface area contributed by atoms with Gasteiger partial charge in [-0.25, -0.2) is 4.39 Å². The minimum atomic E-state index is -0.687. The summed E-state index contributed by atoms with van der Waals surface area (Å²) in [6, 6.07) is 11.8. The van der Waals surface area contributed by atoms with Gasteiger partial charge in [0.25, 0.3) is 11.8 Å². The highest BCUT2D eigenvalue weighted by Gasteiger charge is 2.36. The molecule has 2 heterocycles. The van der Waals surface area contributed by atoms with Gasteiger partial charge in [-0.05, 0) is 68.4 Å². The number of nitrogens with one attached hydrogen (secondary N) is 1. The first kappa shape index (κ1) is 24.2. The molecule has 0 spiro atoms. The smallest absolute Gasteiger partial charge is 0.253 e. The van der Waals surface area contributed by atoms with Gasteiger partial charge in [0, 0.05) is 31.7 Å². The van der Waals surface area contributed by atoms with E-state index in [4.69, 9.17) is 11.6 Å². The van der Waals surface area contributed by atoms with Crippen LogP contribution in [0.2, 0.25) is 5.02 Å². The predicted molar refractivity (Wildman–Crippen MR) is 128 cm³/mol. The topological polar surface area (TPSA) is 69.7 Å². The van der Waals surface area contributed by atoms with E-state index in [1.807, 2.05) is 4.90 Å². The predicted octanol–water partition coefficient (Wildman–Crippen LogP) is 4.14. The number of likely N-dealkylation sites (tertiary alicyclic amines) is 2. The fourth-order valence-corrected chi connectivity index (χ4v) is 5.02. The molecule has 2 saturated heterocycles. The lowest BCUT2D eigenvalue weighted by molar-refractivity contribution is -0.136. The molecular weight excluding hydrogens is 457 g/mol. The summed E-state index contributed by atoms with van der Waals surface area (Å²) in [6.07, 6.45) is 4.14. The normalized spacial score (nSPS) is 17.8. The number of carbonyl (C=O) groups excluding carboxylic acids is 3. The molecule has 0 radical (unpaired) electrons. The number of amides is 3. The molecule has 3 amide bonds. The fraction of sp³-hybridized carbons (Fsp3) is 0.423. The Morgan fingerprint density at radius 3 is 2.29 bits per heavy atom. The second-order valence-corrected chi connectivity index (χ2v) is 9.36. The zero-order valence-corrected chi connectivity index (χ0v) is 19.8. The Morgan fingerprint density at radius 2 is 1.62 bits per heavy atom. The van der Waals surface area contributed by atoms with Gasteiger partial charge in [0.1, 0.15) is 11.9 Å². The largest absolute Gasteiger partial charge is 0.341 e. The van der Waals surface area contributed by atoms with E-state index in [9.17, 15) is 18.8 Å². The molecule has 2 aliphatic heterocycles. The van der Waals surface area contributed by atoms with Crippen molar-refractivity contribution in [3.63, 3.8) is 0 Å². The molecule has 2 aromatic rings. The number of halogens is 2. The van der Waals surface area contributed by atoms with Gasteiger partial charge in [0.05, 0.1) is 10.6 Å². The summed E-state index contributed by atoms with van der Waals surface area (Å²) in [6.45, 7) is 2.25. The summed E-state index contributed by atoms with van der Waals surface area (Å²) in [7, 11) is 0. The van der Waals surface area contributed by atoms with Crippen molar-refractivity contribution in [1.29, 1.82) is 0 Å². The van der Waals surface area contributed by atoms with Gasteiger partial charge in [0.2, 0.25) is 5.91 Å². The van der Waals surface area contributed by atoms with Crippen LogP contribution >= 0.6 is 11.6 Å². The molecule has 34 heavy (non-hydrogen) atoms. The minimum absolute atomic E-state index is 0.0741. The molecule has 0 bridgehead atoms. The minimum Gasteiger partial charge on any atom is -0.341 e. The van der Waals surface area contributed by atoms with Crippen molar-refractivity contribution in [3.05, 3.63) is 70.5 Å². The Morgan fingerprint density at radius 1 is 0.912 bits per heavy atom. The average Bonchev–Trinajstić information content (AvgIpc) is 2.87. The van der Waals surface area contributed by atoms with Crippen LogP contribution in [0.3, 0.4) is 0 Å². The van der Waals surface area contributed by atoms with Crippen molar-refractivity contribution in [3.8, 4) is 0 Å². The Labute approximate surface area is 204 Å². The molecule has 0 aliphatic carbocycles. The lowest BCUT2D eigenvalue weighted by atomic mass is 9.87. The van der Waals surface area contributed by atoms with E-state index in [2.05, 4.69) is 5.32 Å². The molecular formula is C26H29ClFN3O3. The van der Waals surface area contributed by atoms with Crippen molar-refractivity contribution < 1.29 is 18.8 Å². The van der Waals surface area contributed by atoms with Gasteiger partial charge in [-0.2, -0.15) is 0 Å². The standard InChI is InChI=1S/C26H29ClFN3O3/c27-22-10-3-2-9-21(22)24(32)29-23(26(34)30-13-4-1-5-14-30)18-11-15-31(16-12-18)25(33)19-7-6-8-20(28)17-19/h2-3,6-10,17-18,23H,1,4-5,11-16H2,(H,29,32)/t23-/m0/s1. The first-order valence-corrected chi connectivity index (χ1v) is 12.2. The average molecular weight is 486 g/mol. The zero-order valence-electron chi connectivity index (χ0n) is 19.0. The monoisotopic (exact) mass is 485 g/mol. The van der Waals surface area contributed by atoms with E-state index >= 15 is 0 Å². The molecule has 0 saturated carbocycles. The zero-order chi connectivity index (χ0) is 24.1. The summed E-state index contributed by atoms with van der Waals surface area (Å²) in [5, 5.41) is 3.29. The van der Waals surface area contributed by atoms with Gasteiger partial charge in [-0.3, -0.25) is 14.4 Å². The maximum absolute atomic E-state index is 13.6. The number of rotatable bonds is 5. The van der Waals surface area contributed by atoms with Crippen LogP contribution in [0.5, 0.6) is 0 Å². The Kier molecular flexibility index (Phi) is 7.83. The third-order valence-corrected chi connectivity index (χ3v) is 7.04. The van der Waals surface area contributed by atoms with Gasteiger partial charge >= 0.3 is 0 Å². The maximum atomic E-state index is 13.6. The Bertz CT molecular complexity index is 1050. The van der Waals surface area contributed by atoms with Crippen molar-refractivity contribution in [2.45, 2.75) is 38.1 Å². The van der Waals surface area contributed by atoms with Crippen molar-refractivity contribution in [2.75, 3.05) is 26.2 Å². The second kappa shape index (κ2) is 11.0. The summed E-state index contributed by atoms with van der Waals surface area (Å²) in [4.78, 5) is 42.8. The maximum Gasteiger partial charge on any atom is 0.253 e. The number of benzene rings is 2. The number of hydrogen-bond donors (Lipinski definition) is 1. The summed E-state index contributed by atoms with van der Waals surface area (Å²) in [5.41, 5.74) is 0.644. The van der Waals surface area contributed by atoms with Crippen molar-refractivity contribution in [1.82, 2.24) is 15.1 Å². The lowest BCUT2D eigenvalue weighted by Crippen LogP contribution is -2.55. The highest BCUT2D eigenvalue weighted by Crippen LogP contribution is 2.25. The van der Waals surface area contributed by atoms with Crippen LogP contribution in [0.15, 0.2) is 48.5 Å². The first-order valence-electron chi connectivity index (χ1n) is 11.8. The second-order valence-electron chi connectivity index (χ2n) is 8.96. The van der Waals surface area contributed by atoms with E-state index in [1.165, 1.54) is 18.2 Å². The molecule has 4 rings (SSSR count). The molecule has 1 atom stereocenters. The molecule has 2 aromatic carbocycles. The number of hydrogen-bond acceptors (Lipinski definition) is 3. The van der Waals surface area contributed by atoms with Gasteiger partial charge < -0.3 is 15.1 Å². The molecule has 6 nitrogen and oxygen atoms in total. The number of piperidine rings is 2. The van der Waals surface area contributed by atoms with Crippen LogP contribution in [-0.2, 0) is 4.79 Å². The van der Waals surface area contributed by atoms with Gasteiger partial charge in [-0.1, -0.05) is 29.8 Å². The highest BCUT2D eigenvalue weighted by atomic mass is 35.5. The van der Waals surface area contributed by atoms with Crippen LogP contribution in [0, 0.1) is 11.7 Å². The molecule has 1 N–H and O–H groups in total. The number of carbonyl (C=O) groups is 3. The van der Waals surface area contributed by atoms with Crippen LogP contribution in [0.1, 0.15) is 52.8 Å². The fourth-order valence-electron chi connectivity index (χ4n) is 4.80. The van der Waals surface area contributed by atoms with E-state index in [0.717, 1.165) is 19.3 Å². The van der Waals surface area contributed by atoms with Crippen LogP contribution in [-0.4, -0.2) is 59.7 Å². The van der Waals surface area contributed by atoms with E-state index in [1.54, 1.807) is 35.2 Å². The van der Waals surface area contributed by atoms with E-state index in [-0.39, 0.29) is 23.6 Å². The van der Waals surface area contributed by atoms with Crippen LogP contribution in [0.4, 0.5) is 4.39 Å². The summed E-state index contributed by atoms with van der Waals surface area (Å²) >= 11 is 6.21. The molecule has 8 heteroatoms. The Hall–Kier alpha value is -2.93. The van der Waals surface area contributed by atoms with Gasteiger partial charge in [-0.15, -0.1) is 0 Å². The third-order valence-electron chi connectivity index (χ3n) is 6.71. The summed E-state index contributed by atoms with van der Waals surface area (Å²) < 4.78 is 13.6. The van der Waals surface area contributed by atoms with Crippen LogP contribution in [0.25, 0.3) is 0 Å². The van der Waals surface area contributed by atoms with Gasteiger partial charge in [0.15, 0.2) is 0 Å². The molecule has 0 aromatic heterocycles. The molecule has 2 aliphatic rings. The van der Waals surface area contributed by atoms with Crippen LogP contribution < -0.4 is 5.32 Å². The highest BCUT2D eigenvalue weighted by molar-refractivity contribution is 6.33. The first-order chi connectivity index (χ1) is 16.4. The van der Waals surface area contributed by atoms with E-state index in [0.29, 0.717) is 55.2 Å². The van der Waals surface area contributed by atoms with E-state index < -0.39 is 11.9 Å². The quantitative estimate of drug-likeness (QED) is 0.692. The van der Waals surface area contributed by atoms with Crippen molar-refractivity contribution in [2.24, 2.45) is 5.92 Å². The third kappa shape index (κ3) is 5.58.